The Hall–Kier alpha value is -1.04. The molecule has 0 aromatic carbocycles. The van der Waals surface area contributed by atoms with Crippen LogP contribution >= 0.6 is 15.3 Å². The molecule has 1 fully saturated rings. The second-order valence-electron chi connectivity index (χ2n) is 5.32. The third-order valence-corrected chi connectivity index (χ3v) is 5.57. The number of aliphatic hydroxyl groups is 1. The van der Waals surface area contributed by atoms with Crippen LogP contribution < -0.4 is 11.2 Å². The van der Waals surface area contributed by atoms with Gasteiger partial charge in [0.2, 0.25) is 7.57 Å². The molecule has 1 aromatic rings. The number of hydrogen-bond donors (Lipinski definition) is 4. The van der Waals surface area contributed by atoms with Crippen LogP contribution in [0.15, 0.2) is 15.8 Å². The van der Waals surface area contributed by atoms with Crippen LogP contribution in [0.2, 0.25) is 0 Å². The van der Waals surface area contributed by atoms with Gasteiger partial charge in [-0.2, -0.15) is 0 Å². The average molecular weight is 396 g/mol. The third kappa shape index (κ3) is 5.47. The lowest BCUT2D eigenvalue weighted by Crippen LogP contribution is -2.33. The second-order valence-corrected chi connectivity index (χ2v) is 8.29. The van der Waals surface area contributed by atoms with E-state index in [1.807, 2.05) is 0 Å². The Balaban J connectivity index is 2.06. The maximum Gasteiger partial charge on any atom is 0.476 e. The van der Waals surface area contributed by atoms with Gasteiger partial charge in [0, 0.05) is 18.2 Å². The number of phosphoric acid groups is 1. The fourth-order valence-corrected chi connectivity index (χ4v) is 3.91. The van der Waals surface area contributed by atoms with E-state index in [1.165, 1.54) is 13.1 Å². The number of nitrogens with zero attached hydrogens (tertiary/aromatic N) is 1. The zero-order chi connectivity index (χ0) is 19.0. The highest BCUT2D eigenvalue weighted by atomic mass is 31.3. The summed E-state index contributed by atoms with van der Waals surface area (Å²) in [5.74, 6) is 0. The molecule has 1 saturated heterocycles. The molecule has 0 amide bonds. The highest BCUT2D eigenvalue weighted by Crippen LogP contribution is 2.57. The number of hydrogen-bond acceptors (Lipinski definition) is 8. The van der Waals surface area contributed by atoms with Crippen molar-refractivity contribution in [3.63, 3.8) is 0 Å². The number of nitrogens with one attached hydrogen (secondary N) is 1. The van der Waals surface area contributed by atoms with Crippen LogP contribution in [0.3, 0.4) is 0 Å². The van der Waals surface area contributed by atoms with E-state index in [1.54, 1.807) is 0 Å². The van der Waals surface area contributed by atoms with Crippen LogP contribution in [0.4, 0.5) is 0 Å². The van der Waals surface area contributed by atoms with Gasteiger partial charge in [0.1, 0.15) is 12.3 Å². The summed E-state index contributed by atoms with van der Waals surface area (Å²) in [6.07, 6.45) is -1.98. The Morgan fingerprint density at radius 1 is 1.44 bits per heavy atom. The monoisotopic (exact) mass is 396 g/mol. The minimum Gasteiger partial charge on any atom is -0.390 e. The molecule has 15 heteroatoms. The maximum atomic E-state index is 11.8. The Labute approximate surface area is 141 Å². The average Bonchev–Trinajstić information content (AvgIpc) is 2.79. The molecule has 0 aliphatic carbocycles. The van der Waals surface area contributed by atoms with Crippen LogP contribution in [0.25, 0.3) is 0 Å². The lowest BCUT2D eigenvalue weighted by molar-refractivity contribution is -0.0417. The molecule has 1 aliphatic rings. The first kappa shape index (κ1) is 20.3. The minimum absolute atomic E-state index is 0.0480. The van der Waals surface area contributed by atoms with Crippen LogP contribution in [0.5, 0.6) is 0 Å². The van der Waals surface area contributed by atoms with Crippen molar-refractivity contribution in [1.82, 2.24) is 9.55 Å². The Morgan fingerprint density at radius 3 is 2.68 bits per heavy atom. The van der Waals surface area contributed by atoms with Crippen molar-refractivity contribution < 1.29 is 37.6 Å². The molecule has 0 spiro atoms. The Morgan fingerprint density at radius 2 is 2.08 bits per heavy atom. The van der Waals surface area contributed by atoms with E-state index in [-0.39, 0.29) is 12.0 Å². The van der Waals surface area contributed by atoms with Crippen LogP contribution in [0, 0.1) is 6.92 Å². The van der Waals surface area contributed by atoms with Gasteiger partial charge in [-0.25, -0.2) is 13.7 Å². The Kier molecular flexibility index (Phi) is 5.92. The quantitative estimate of drug-likeness (QED) is 0.341. The minimum atomic E-state index is -5.14. The normalized spacial score (nSPS) is 26.5. The smallest absolute Gasteiger partial charge is 0.390 e. The van der Waals surface area contributed by atoms with Crippen molar-refractivity contribution >= 4 is 22.9 Å². The Bertz CT molecular complexity index is 847. The number of H-pyrrole nitrogens is 1. The van der Waals surface area contributed by atoms with Crippen molar-refractivity contribution in [3.8, 4) is 0 Å². The van der Waals surface area contributed by atoms with E-state index in [0.717, 1.165) is 4.57 Å². The second kappa shape index (κ2) is 7.30. The number of aromatic amines is 1. The number of aryl methyl sites for hydroxylation is 1. The van der Waals surface area contributed by atoms with Gasteiger partial charge >= 0.3 is 13.5 Å². The first-order valence-electron chi connectivity index (χ1n) is 6.83. The first-order chi connectivity index (χ1) is 11.4. The van der Waals surface area contributed by atoms with Crippen molar-refractivity contribution in [2.24, 2.45) is 0 Å². The van der Waals surface area contributed by atoms with Gasteiger partial charge in [0.05, 0.1) is 12.7 Å². The molecule has 2 rings (SSSR count). The van der Waals surface area contributed by atoms with Gasteiger partial charge in [-0.1, -0.05) is 0 Å². The lowest BCUT2D eigenvalue weighted by atomic mass is 10.2. The highest BCUT2D eigenvalue weighted by molar-refractivity contribution is 7.83. The van der Waals surface area contributed by atoms with Gasteiger partial charge in [-0.15, -0.1) is 0 Å². The maximum absolute atomic E-state index is 11.8. The molecular weight excluding hydrogens is 381 g/mol. The molecule has 0 unspecified atom stereocenters. The molecule has 138 valence electrons. The SMILES string of the molecule is [B][P@](=O)(OC[C@H]1O[C@@H](n2cc(C)c(=O)[nH]c2=O)C[C@@H]1O)OP(=O)(O)O. The molecule has 4 N–H and O–H groups in total. The van der Waals surface area contributed by atoms with E-state index < -0.39 is 51.6 Å². The number of aromatic nitrogens is 2. The number of rotatable bonds is 6. The molecule has 1 aliphatic heterocycles. The van der Waals surface area contributed by atoms with Crippen LogP contribution in [0.1, 0.15) is 18.2 Å². The summed E-state index contributed by atoms with van der Waals surface area (Å²) >= 11 is 0. The molecule has 2 radical (unpaired) electrons. The first-order valence-corrected chi connectivity index (χ1v) is 9.98. The summed E-state index contributed by atoms with van der Waals surface area (Å²) in [4.78, 5) is 42.4. The number of ether oxygens (including phenoxy) is 1. The van der Waals surface area contributed by atoms with E-state index >= 15 is 0 Å². The largest absolute Gasteiger partial charge is 0.476 e. The molecule has 12 nitrogen and oxygen atoms in total. The summed E-state index contributed by atoms with van der Waals surface area (Å²) in [5.41, 5.74) is -1.05. The topological polar surface area (TPSA) is 177 Å². The van der Waals surface area contributed by atoms with Gasteiger partial charge in [0.15, 0.2) is 0 Å². The van der Waals surface area contributed by atoms with Crippen LogP contribution in [-0.4, -0.2) is 50.8 Å². The summed E-state index contributed by atoms with van der Waals surface area (Å²) in [7, 11) is -4.70. The predicted octanol–water partition coefficient (Wildman–Crippen LogP) is -1.10. The molecular formula is C10H15BN2O10P2. The molecule has 25 heavy (non-hydrogen) atoms. The van der Waals surface area contributed by atoms with E-state index in [4.69, 9.17) is 22.1 Å². The highest BCUT2D eigenvalue weighted by Gasteiger charge is 2.38. The molecule has 0 saturated carbocycles. The standard InChI is InChI=1S/C10H15BN2O10P2/c1-5-3-13(10(16)12-9(5)15)8-2-6(14)7(22-8)4-21-24(11,17)23-25(18,19)20/h3,6-8,14H,2,4H2,1H3,(H,12,15,16)(H2,18,19,20)/t6-,7+,8+,24-/m0/s1. The lowest BCUT2D eigenvalue weighted by Gasteiger charge is -2.20. The molecule has 1 aromatic heterocycles. The van der Waals surface area contributed by atoms with Crippen molar-refractivity contribution in [2.45, 2.75) is 31.8 Å². The van der Waals surface area contributed by atoms with Crippen molar-refractivity contribution in [3.05, 3.63) is 32.6 Å². The zero-order valence-electron chi connectivity index (χ0n) is 12.8. The summed E-state index contributed by atoms with van der Waals surface area (Å²) in [6, 6.07) is 0. The number of aliphatic hydroxyl groups excluding tert-OH is 1. The van der Waals surface area contributed by atoms with Gasteiger partial charge in [0.25, 0.3) is 13.0 Å². The van der Waals surface area contributed by atoms with Gasteiger partial charge in [-0.3, -0.25) is 18.9 Å². The van der Waals surface area contributed by atoms with Gasteiger partial charge < -0.3 is 24.2 Å². The molecule has 0 bridgehead atoms. The van der Waals surface area contributed by atoms with Crippen molar-refractivity contribution in [2.75, 3.05) is 6.61 Å². The summed E-state index contributed by atoms with van der Waals surface area (Å²) < 4.78 is 37.1. The molecule has 2 heterocycles. The van der Waals surface area contributed by atoms with Gasteiger partial charge in [-0.05, 0) is 6.92 Å². The fourth-order valence-electron chi connectivity index (χ4n) is 2.19. The van der Waals surface area contributed by atoms with E-state index in [0.29, 0.717) is 0 Å². The third-order valence-electron chi connectivity index (χ3n) is 3.30. The van der Waals surface area contributed by atoms with E-state index in [2.05, 4.69) is 13.8 Å². The summed E-state index contributed by atoms with van der Waals surface area (Å²) in [6.45, 7) is 0.868. The zero-order valence-corrected chi connectivity index (χ0v) is 14.6. The van der Waals surface area contributed by atoms with E-state index in [9.17, 15) is 23.8 Å². The van der Waals surface area contributed by atoms with Crippen molar-refractivity contribution in [1.29, 1.82) is 0 Å². The fraction of sp³-hybridized carbons (Fsp3) is 0.600. The predicted molar refractivity (Wildman–Crippen MR) is 83.0 cm³/mol. The summed E-state index contributed by atoms with van der Waals surface area (Å²) in [5, 5.41) is 9.95. The molecule has 4 atom stereocenters. The van der Waals surface area contributed by atoms with Crippen LogP contribution in [-0.2, 0) is 22.7 Å².